The van der Waals surface area contributed by atoms with E-state index in [-0.39, 0.29) is 24.4 Å². The summed E-state index contributed by atoms with van der Waals surface area (Å²) in [6, 6.07) is 9.68. The highest BCUT2D eigenvalue weighted by Crippen LogP contribution is 2.38. The van der Waals surface area contributed by atoms with Gasteiger partial charge in [0.1, 0.15) is 0 Å². The van der Waals surface area contributed by atoms with Crippen molar-refractivity contribution in [2.24, 2.45) is 0 Å². The summed E-state index contributed by atoms with van der Waals surface area (Å²) in [5.41, 5.74) is 5.96. The Hall–Kier alpha value is -4.12. The smallest absolute Gasteiger partial charge is 0.262 e. The van der Waals surface area contributed by atoms with Crippen LogP contribution in [0.3, 0.4) is 0 Å². The molecule has 2 aliphatic carbocycles. The molecule has 5 heteroatoms. The first-order valence-electron chi connectivity index (χ1n) is 10.9. The number of aromatic amines is 1. The molecule has 1 unspecified atom stereocenters. The van der Waals surface area contributed by atoms with Crippen LogP contribution >= 0.6 is 0 Å². The molecule has 2 aliphatic heterocycles. The minimum atomic E-state index is -0.213. The second-order valence-corrected chi connectivity index (χ2v) is 8.57. The van der Waals surface area contributed by atoms with Gasteiger partial charge in [-0.2, -0.15) is 0 Å². The molecule has 3 heterocycles. The maximum atomic E-state index is 13.8. The Kier molecular flexibility index (Phi) is 3.40. The zero-order valence-corrected chi connectivity index (χ0v) is 17.2. The van der Waals surface area contributed by atoms with Crippen LogP contribution < -0.4 is 15.9 Å². The molecular formula is C27H19N3O2. The van der Waals surface area contributed by atoms with Crippen molar-refractivity contribution in [3.63, 3.8) is 0 Å². The molecule has 154 valence electrons. The van der Waals surface area contributed by atoms with E-state index >= 15 is 0 Å². The number of imide groups is 1. The third kappa shape index (κ3) is 2.17. The van der Waals surface area contributed by atoms with E-state index < -0.39 is 0 Å². The van der Waals surface area contributed by atoms with Crippen LogP contribution in [0.4, 0.5) is 5.69 Å². The number of hydrogen-bond donors (Lipinski definition) is 2. The predicted molar refractivity (Wildman–Crippen MR) is 125 cm³/mol. The molecule has 3 aromatic rings. The number of nitrogens with one attached hydrogen (secondary N) is 2. The van der Waals surface area contributed by atoms with E-state index in [1.807, 2.05) is 60.7 Å². The number of carbonyl (C=O) groups is 2. The zero-order chi connectivity index (χ0) is 21.4. The minimum absolute atomic E-state index is 0.00166. The molecule has 4 aliphatic rings. The van der Waals surface area contributed by atoms with Gasteiger partial charge in [-0.1, -0.05) is 66.8 Å². The Balaban J connectivity index is 1.56. The first kappa shape index (κ1) is 17.5. The van der Waals surface area contributed by atoms with E-state index in [2.05, 4.69) is 22.5 Å². The molecule has 2 N–H and O–H groups in total. The molecule has 0 radical (unpaired) electrons. The third-order valence-electron chi connectivity index (χ3n) is 6.82. The summed E-state index contributed by atoms with van der Waals surface area (Å²) < 4.78 is 0. The lowest BCUT2D eigenvalue weighted by atomic mass is 9.94. The number of anilines is 1. The molecule has 2 aromatic carbocycles. The van der Waals surface area contributed by atoms with Gasteiger partial charge in [-0.25, -0.2) is 0 Å². The Labute approximate surface area is 183 Å². The topological polar surface area (TPSA) is 65.2 Å². The number of allylic oxidation sites excluding steroid dienone is 4. The van der Waals surface area contributed by atoms with Crippen molar-refractivity contribution >= 4 is 40.1 Å². The molecule has 7 rings (SSSR count). The molecule has 0 spiro atoms. The average molecular weight is 417 g/mol. The summed E-state index contributed by atoms with van der Waals surface area (Å²) in [6.07, 6.45) is 15.0. The van der Waals surface area contributed by atoms with Crippen LogP contribution in [0.2, 0.25) is 0 Å². The normalized spacial score (nSPS) is 19.7. The Bertz CT molecular complexity index is 1590. The van der Waals surface area contributed by atoms with E-state index in [0.717, 1.165) is 50.3 Å². The summed E-state index contributed by atoms with van der Waals surface area (Å²) in [4.78, 5) is 32.5. The zero-order valence-electron chi connectivity index (χ0n) is 17.2. The van der Waals surface area contributed by atoms with Crippen molar-refractivity contribution in [2.45, 2.75) is 19.0 Å². The highest BCUT2D eigenvalue weighted by atomic mass is 16.2. The van der Waals surface area contributed by atoms with Crippen molar-refractivity contribution in [1.29, 1.82) is 0 Å². The van der Waals surface area contributed by atoms with Crippen LogP contribution in [0, 0.1) is 0 Å². The van der Waals surface area contributed by atoms with Crippen LogP contribution in [0.1, 0.15) is 31.8 Å². The van der Waals surface area contributed by atoms with E-state index in [1.165, 1.54) is 4.90 Å². The second-order valence-electron chi connectivity index (χ2n) is 8.57. The van der Waals surface area contributed by atoms with E-state index in [1.54, 1.807) is 0 Å². The van der Waals surface area contributed by atoms with Crippen LogP contribution in [0.15, 0.2) is 66.8 Å². The van der Waals surface area contributed by atoms with Crippen LogP contribution in [-0.2, 0) is 13.0 Å². The molecule has 0 bridgehead atoms. The maximum Gasteiger partial charge on any atom is 0.262 e. The van der Waals surface area contributed by atoms with Crippen molar-refractivity contribution in [3.8, 4) is 0 Å². The number of nitrogens with zero attached hydrogens (tertiary/aromatic N) is 1. The van der Waals surface area contributed by atoms with Gasteiger partial charge < -0.3 is 10.3 Å². The van der Waals surface area contributed by atoms with Gasteiger partial charge in [-0.15, -0.1) is 0 Å². The molecule has 32 heavy (non-hydrogen) atoms. The summed E-state index contributed by atoms with van der Waals surface area (Å²) >= 11 is 0. The molecule has 1 aromatic heterocycles. The molecule has 0 fully saturated rings. The largest absolute Gasteiger partial charge is 0.372 e. The number of carbonyl (C=O) groups excluding carboxylic acids is 2. The van der Waals surface area contributed by atoms with Crippen molar-refractivity contribution < 1.29 is 9.59 Å². The standard InChI is InChI=1S/C27H19N3O2/c31-26-22-20-16-10-4-6-12-18(16)28-24(20)25-21(17-11-5-7-13-19(17)29-25)23(22)27(32)30(26)14-15-8-2-1-3-9-15/h1-10,12-13,18,28-29H,11,14H2. The lowest BCUT2D eigenvalue weighted by Crippen LogP contribution is -2.30. The van der Waals surface area contributed by atoms with Gasteiger partial charge in [-0.3, -0.25) is 14.5 Å². The third-order valence-corrected chi connectivity index (χ3v) is 6.82. The summed E-state index contributed by atoms with van der Waals surface area (Å²) in [7, 11) is 0. The molecule has 1 atom stereocenters. The van der Waals surface area contributed by atoms with E-state index in [4.69, 9.17) is 0 Å². The Morgan fingerprint density at radius 3 is 2.72 bits per heavy atom. The van der Waals surface area contributed by atoms with Gasteiger partial charge in [0, 0.05) is 16.0 Å². The predicted octanol–water partition coefficient (Wildman–Crippen LogP) is 2.93. The second kappa shape index (κ2) is 6.20. The lowest BCUT2D eigenvalue weighted by Gasteiger charge is -2.14. The first-order chi connectivity index (χ1) is 15.7. The number of fused-ring (bicyclic) bond motifs is 9. The summed E-state index contributed by atoms with van der Waals surface area (Å²) in [5, 5.41) is 6.34. The van der Waals surface area contributed by atoms with Crippen molar-refractivity contribution in [3.05, 3.63) is 99.6 Å². The SMILES string of the molecule is O=C1c2c(c3c4c([nH]c3c3c2=C2C=CC=CC2N3)=CC=CC4)C(=O)N1Cc1ccccc1. The molecule has 2 amide bonds. The molecule has 0 saturated carbocycles. The van der Waals surface area contributed by atoms with E-state index in [0.29, 0.717) is 11.1 Å². The minimum Gasteiger partial charge on any atom is -0.372 e. The number of H-pyrrole nitrogens is 1. The fourth-order valence-corrected chi connectivity index (χ4v) is 5.42. The van der Waals surface area contributed by atoms with Crippen LogP contribution in [0.5, 0.6) is 0 Å². The van der Waals surface area contributed by atoms with E-state index in [9.17, 15) is 9.59 Å². The summed E-state index contributed by atoms with van der Waals surface area (Å²) in [6.45, 7) is 0.268. The number of hydrogen-bond acceptors (Lipinski definition) is 3. The fraction of sp³-hybridized carbons (Fsp3) is 0.111. The Morgan fingerprint density at radius 1 is 1.00 bits per heavy atom. The van der Waals surface area contributed by atoms with Crippen LogP contribution in [-0.4, -0.2) is 27.7 Å². The molecular weight excluding hydrogens is 398 g/mol. The molecule has 5 nitrogen and oxygen atoms in total. The Morgan fingerprint density at radius 2 is 1.84 bits per heavy atom. The van der Waals surface area contributed by atoms with Crippen LogP contribution in [0.25, 0.3) is 22.6 Å². The van der Waals surface area contributed by atoms with Crippen molar-refractivity contribution in [1.82, 2.24) is 9.88 Å². The highest BCUT2D eigenvalue weighted by molar-refractivity contribution is 6.29. The van der Waals surface area contributed by atoms with Gasteiger partial charge in [0.2, 0.25) is 0 Å². The van der Waals surface area contributed by atoms with Gasteiger partial charge in [0.25, 0.3) is 11.8 Å². The van der Waals surface area contributed by atoms with Gasteiger partial charge in [0.15, 0.2) is 0 Å². The fourth-order valence-electron chi connectivity index (χ4n) is 5.42. The summed E-state index contributed by atoms with van der Waals surface area (Å²) in [5.74, 6) is -0.424. The highest BCUT2D eigenvalue weighted by Gasteiger charge is 2.42. The lowest BCUT2D eigenvalue weighted by molar-refractivity contribution is 0.0642. The van der Waals surface area contributed by atoms with Gasteiger partial charge >= 0.3 is 0 Å². The maximum absolute atomic E-state index is 13.8. The van der Waals surface area contributed by atoms with Gasteiger partial charge in [-0.05, 0) is 29.2 Å². The molecule has 0 saturated heterocycles. The first-order valence-corrected chi connectivity index (χ1v) is 10.9. The average Bonchev–Trinajstić information content (AvgIpc) is 3.46. The quantitative estimate of drug-likeness (QED) is 0.630. The number of aromatic nitrogens is 1. The number of rotatable bonds is 2. The van der Waals surface area contributed by atoms with Crippen molar-refractivity contribution in [2.75, 3.05) is 5.32 Å². The number of benzene rings is 2. The number of amides is 2. The van der Waals surface area contributed by atoms with Gasteiger partial charge in [0.05, 0.1) is 34.9 Å². The monoisotopic (exact) mass is 417 g/mol.